The van der Waals surface area contributed by atoms with Crippen LogP contribution in [0.4, 0.5) is 5.82 Å². The van der Waals surface area contributed by atoms with Gasteiger partial charge in [0, 0.05) is 17.3 Å². The van der Waals surface area contributed by atoms with Crippen LogP contribution in [-0.2, 0) is 6.61 Å². The van der Waals surface area contributed by atoms with Crippen molar-refractivity contribution in [3.8, 4) is 5.75 Å². The number of para-hydroxylation sites is 1. The molecule has 0 aliphatic heterocycles. The van der Waals surface area contributed by atoms with Crippen molar-refractivity contribution in [1.82, 2.24) is 9.97 Å². The van der Waals surface area contributed by atoms with Crippen LogP contribution < -0.4 is 10.5 Å². The van der Waals surface area contributed by atoms with Gasteiger partial charge >= 0.3 is 0 Å². The van der Waals surface area contributed by atoms with Crippen molar-refractivity contribution in [3.05, 3.63) is 59.9 Å². The molecular formula is C16H15N3O. The first-order chi connectivity index (χ1) is 9.72. The molecule has 3 rings (SSSR count). The Hall–Kier alpha value is -2.62. The molecule has 3 aromatic rings. The SMILES string of the molecule is Cc1ccc2cccc(OCc3ccnc(N)c3)c2n1. The van der Waals surface area contributed by atoms with Gasteiger partial charge in [-0.3, -0.25) is 0 Å². The van der Waals surface area contributed by atoms with E-state index in [1.54, 1.807) is 6.20 Å². The lowest BCUT2D eigenvalue weighted by Gasteiger charge is -2.09. The Morgan fingerprint density at radius 3 is 2.90 bits per heavy atom. The number of rotatable bonds is 3. The molecule has 2 N–H and O–H groups in total. The average molecular weight is 265 g/mol. The van der Waals surface area contributed by atoms with E-state index in [1.165, 1.54) is 0 Å². The Bertz CT molecular complexity index is 756. The van der Waals surface area contributed by atoms with E-state index in [-0.39, 0.29) is 0 Å². The fourth-order valence-corrected chi connectivity index (χ4v) is 2.08. The molecule has 2 aromatic heterocycles. The monoisotopic (exact) mass is 265 g/mol. The third kappa shape index (κ3) is 2.54. The van der Waals surface area contributed by atoms with Gasteiger partial charge in [-0.2, -0.15) is 0 Å². The van der Waals surface area contributed by atoms with E-state index in [1.807, 2.05) is 43.3 Å². The Labute approximate surface area is 117 Å². The van der Waals surface area contributed by atoms with Crippen molar-refractivity contribution in [2.75, 3.05) is 5.73 Å². The number of nitrogen functional groups attached to an aromatic ring is 1. The van der Waals surface area contributed by atoms with Crippen LogP contribution in [0.3, 0.4) is 0 Å². The fraction of sp³-hybridized carbons (Fsp3) is 0.125. The average Bonchev–Trinajstić information content (AvgIpc) is 2.45. The molecule has 0 saturated heterocycles. The molecule has 0 bridgehead atoms. The Balaban J connectivity index is 1.89. The highest BCUT2D eigenvalue weighted by molar-refractivity contribution is 5.84. The summed E-state index contributed by atoms with van der Waals surface area (Å²) >= 11 is 0. The number of pyridine rings is 2. The number of anilines is 1. The summed E-state index contributed by atoms with van der Waals surface area (Å²) in [5.74, 6) is 1.28. The van der Waals surface area contributed by atoms with E-state index in [4.69, 9.17) is 10.5 Å². The molecule has 0 amide bonds. The number of nitrogens with two attached hydrogens (primary N) is 1. The van der Waals surface area contributed by atoms with Gasteiger partial charge in [-0.1, -0.05) is 18.2 Å². The quantitative estimate of drug-likeness (QED) is 0.790. The maximum atomic E-state index is 5.87. The molecule has 4 nitrogen and oxygen atoms in total. The predicted molar refractivity (Wildman–Crippen MR) is 79.5 cm³/mol. The van der Waals surface area contributed by atoms with Crippen LogP contribution >= 0.6 is 0 Å². The molecule has 20 heavy (non-hydrogen) atoms. The van der Waals surface area contributed by atoms with E-state index in [2.05, 4.69) is 16.0 Å². The summed E-state index contributed by atoms with van der Waals surface area (Å²) in [5, 5.41) is 1.07. The highest BCUT2D eigenvalue weighted by Gasteiger charge is 2.04. The second-order valence-corrected chi connectivity index (χ2v) is 4.66. The van der Waals surface area contributed by atoms with Gasteiger partial charge in [0.15, 0.2) is 0 Å². The van der Waals surface area contributed by atoms with Crippen LogP contribution in [0.5, 0.6) is 5.75 Å². The summed E-state index contributed by atoms with van der Waals surface area (Å²) in [6.45, 7) is 2.42. The van der Waals surface area contributed by atoms with Crippen LogP contribution in [0.1, 0.15) is 11.3 Å². The molecular weight excluding hydrogens is 250 g/mol. The van der Waals surface area contributed by atoms with Gasteiger partial charge in [-0.25, -0.2) is 9.97 Å². The lowest BCUT2D eigenvalue weighted by molar-refractivity contribution is 0.309. The first-order valence-electron chi connectivity index (χ1n) is 6.42. The Kier molecular flexibility index (Phi) is 3.21. The zero-order valence-electron chi connectivity index (χ0n) is 11.2. The van der Waals surface area contributed by atoms with Crippen molar-refractivity contribution in [3.63, 3.8) is 0 Å². The van der Waals surface area contributed by atoms with Crippen LogP contribution in [0.25, 0.3) is 10.9 Å². The van der Waals surface area contributed by atoms with E-state index >= 15 is 0 Å². The van der Waals surface area contributed by atoms with Crippen molar-refractivity contribution < 1.29 is 4.74 Å². The minimum Gasteiger partial charge on any atom is -0.487 e. The van der Waals surface area contributed by atoms with Gasteiger partial charge in [0.2, 0.25) is 0 Å². The second kappa shape index (κ2) is 5.17. The second-order valence-electron chi connectivity index (χ2n) is 4.66. The van der Waals surface area contributed by atoms with Gasteiger partial charge in [0.05, 0.1) is 0 Å². The smallest absolute Gasteiger partial charge is 0.146 e. The van der Waals surface area contributed by atoms with Crippen molar-refractivity contribution >= 4 is 16.7 Å². The van der Waals surface area contributed by atoms with E-state index in [0.717, 1.165) is 27.9 Å². The van der Waals surface area contributed by atoms with Crippen LogP contribution in [0, 0.1) is 6.92 Å². The topological polar surface area (TPSA) is 61.0 Å². The number of nitrogens with zero attached hydrogens (tertiary/aromatic N) is 2. The first kappa shape index (κ1) is 12.4. The summed E-state index contributed by atoms with van der Waals surface area (Å²) < 4.78 is 5.87. The molecule has 0 unspecified atom stereocenters. The summed E-state index contributed by atoms with van der Waals surface area (Å²) in [4.78, 5) is 8.51. The Morgan fingerprint density at radius 1 is 1.15 bits per heavy atom. The van der Waals surface area contributed by atoms with Gasteiger partial charge in [-0.05, 0) is 36.8 Å². The van der Waals surface area contributed by atoms with Gasteiger partial charge in [0.25, 0.3) is 0 Å². The van der Waals surface area contributed by atoms with Crippen molar-refractivity contribution in [2.24, 2.45) is 0 Å². The molecule has 2 heterocycles. The number of ether oxygens (including phenoxy) is 1. The van der Waals surface area contributed by atoms with Gasteiger partial charge in [-0.15, -0.1) is 0 Å². The predicted octanol–water partition coefficient (Wildman–Crippen LogP) is 3.10. The van der Waals surface area contributed by atoms with E-state index in [0.29, 0.717) is 12.4 Å². The standard InChI is InChI=1S/C16H15N3O/c1-11-5-6-13-3-2-4-14(16(13)19-11)20-10-12-7-8-18-15(17)9-12/h2-9H,10H2,1H3,(H2,17,18). The number of benzene rings is 1. The largest absolute Gasteiger partial charge is 0.487 e. The molecule has 0 fully saturated rings. The lowest BCUT2D eigenvalue weighted by atomic mass is 10.2. The maximum Gasteiger partial charge on any atom is 0.146 e. The maximum absolute atomic E-state index is 5.87. The highest BCUT2D eigenvalue weighted by atomic mass is 16.5. The summed E-state index contributed by atoms with van der Waals surface area (Å²) in [7, 11) is 0. The minimum absolute atomic E-state index is 0.446. The lowest BCUT2D eigenvalue weighted by Crippen LogP contribution is -1.99. The summed E-state index contributed by atoms with van der Waals surface area (Å²) in [6.07, 6.45) is 1.68. The van der Waals surface area contributed by atoms with Crippen LogP contribution in [0.15, 0.2) is 48.7 Å². The molecule has 0 atom stereocenters. The first-order valence-corrected chi connectivity index (χ1v) is 6.42. The van der Waals surface area contributed by atoms with Crippen LogP contribution in [-0.4, -0.2) is 9.97 Å². The molecule has 0 spiro atoms. The van der Waals surface area contributed by atoms with E-state index in [9.17, 15) is 0 Å². The number of hydrogen-bond acceptors (Lipinski definition) is 4. The molecule has 0 aliphatic rings. The van der Waals surface area contributed by atoms with Crippen molar-refractivity contribution in [2.45, 2.75) is 13.5 Å². The third-order valence-corrected chi connectivity index (χ3v) is 3.06. The normalized spacial score (nSPS) is 10.7. The summed E-state index contributed by atoms with van der Waals surface area (Å²) in [5.41, 5.74) is 8.50. The molecule has 0 aliphatic carbocycles. The van der Waals surface area contributed by atoms with Crippen molar-refractivity contribution in [1.29, 1.82) is 0 Å². The number of hydrogen-bond donors (Lipinski definition) is 1. The molecule has 0 radical (unpaired) electrons. The zero-order valence-corrected chi connectivity index (χ0v) is 11.2. The number of aromatic nitrogens is 2. The fourth-order valence-electron chi connectivity index (χ4n) is 2.08. The third-order valence-electron chi connectivity index (χ3n) is 3.06. The summed E-state index contributed by atoms with van der Waals surface area (Å²) in [6, 6.07) is 13.7. The van der Waals surface area contributed by atoms with Gasteiger partial charge < -0.3 is 10.5 Å². The molecule has 0 saturated carbocycles. The molecule has 1 aromatic carbocycles. The minimum atomic E-state index is 0.446. The molecule has 100 valence electrons. The van der Waals surface area contributed by atoms with Gasteiger partial charge in [0.1, 0.15) is 23.7 Å². The highest BCUT2D eigenvalue weighted by Crippen LogP contribution is 2.24. The van der Waals surface area contributed by atoms with Crippen LogP contribution in [0.2, 0.25) is 0 Å². The molecule has 4 heteroatoms. The Morgan fingerprint density at radius 2 is 2.05 bits per heavy atom. The number of fused-ring (bicyclic) bond motifs is 1. The van der Waals surface area contributed by atoms with E-state index < -0.39 is 0 Å². The zero-order chi connectivity index (χ0) is 13.9. The number of aryl methyl sites for hydroxylation is 1.